The summed E-state index contributed by atoms with van der Waals surface area (Å²) in [5.41, 5.74) is 0. The van der Waals surface area contributed by atoms with Crippen molar-refractivity contribution >= 4 is 17.7 Å². The zero-order valence-electron chi connectivity index (χ0n) is 8.04. The predicted molar refractivity (Wildman–Crippen MR) is 55.4 cm³/mol. The SMILES string of the molecule is CCCCCCSC1=CCC(=O)O1. The Labute approximate surface area is 83.7 Å². The average molecular weight is 200 g/mol. The molecule has 1 aliphatic rings. The second-order valence-corrected chi connectivity index (χ2v) is 4.21. The van der Waals surface area contributed by atoms with Gasteiger partial charge in [-0.25, -0.2) is 0 Å². The minimum Gasteiger partial charge on any atom is -0.419 e. The van der Waals surface area contributed by atoms with E-state index in [1.54, 1.807) is 11.8 Å². The van der Waals surface area contributed by atoms with Crippen molar-refractivity contribution in [2.24, 2.45) is 0 Å². The fourth-order valence-corrected chi connectivity index (χ4v) is 2.05. The molecule has 0 bridgehead atoms. The quantitative estimate of drug-likeness (QED) is 0.487. The standard InChI is InChI=1S/C10H16O2S/c1-2-3-4-5-8-13-10-7-6-9(11)12-10/h7H,2-6,8H2,1H3. The number of hydrogen-bond acceptors (Lipinski definition) is 3. The van der Waals surface area contributed by atoms with Crippen LogP contribution in [0.2, 0.25) is 0 Å². The summed E-state index contributed by atoms with van der Waals surface area (Å²) in [6.07, 6.45) is 7.39. The van der Waals surface area contributed by atoms with Crippen LogP contribution < -0.4 is 0 Å². The smallest absolute Gasteiger partial charge is 0.315 e. The number of ether oxygens (including phenoxy) is 1. The van der Waals surface area contributed by atoms with Gasteiger partial charge in [0, 0.05) is 5.75 Å². The second kappa shape index (κ2) is 6.08. The van der Waals surface area contributed by atoms with E-state index >= 15 is 0 Å². The van der Waals surface area contributed by atoms with Crippen LogP contribution in [0.1, 0.15) is 39.0 Å². The lowest BCUT2D eigenvalue weighted by molar-refractivity contribution is -0.135. The van der Waals surface area contributed by atoms with E-state index in [0.717, 1.165) is 10.8 Å². The third-order valence-electron chi connectivity index (χ3n) is 1.89. The fraction of sp³-hybridized carbons (Fsp3) is 0.700. The molecule has 1 rings (SSSR count). The maximum Gasteiger partial charge on any atom is 0.315 e. The average Bonchev–Trinajstić information content (AvgIpc) is 2.51. The molecule has 0 N–H and O–H groups in total. The number of esters is 1. The largest absolute Gasteiger partial charge is 0.419 e. The third-order valence-corrected chi connectivity index (χ3v) is 2.92. The molecular formula is C10H16O2S. The summed E-state index contributed by atoms with van der Waals surface area (Å²) in [5, 5.41) is 0.807. The molecule has 3 heteroatoms. The van der Waals surface area contributed by atoms with Gasteiger partial charge < -0.3 is 4.74 Å². The maximum atomic E-state index is 10.7. The summed E-state index contributed by atoms with van der Waals surface area (Å²) >= 11 is 1.66. The van der Waals surface area contributed by atoms with Crippen molar-refractivity contribution in [3.05, 3.63) is 11.2 Å². The molecule has 0 atom stereocenters. The van der Waals surface area contributed by atoms with Gasteiger partial charge in [-0.2, -0.15) is 0 Å². The topological polar surface area (TPSA) is 26.3 Å². The van der Waals surface area contributed by atoms with Crippen LogP contribution in [0, 0.1) is 0 Å². The third kappa shape index (κ3) is 4.36. The number of carbonyl (C=O) groups is 1. The summed E-state index contributed by atoms with van der Waals surface area (Å²) < 4.78 is 4.95. The molecule has 2 nitrogen and oxygen atoms in total. The Morgan fingerprint density at radius 2 is 2.31 bits per heavy atom. The van der Waals surface area contributed by atoms with E-state index in [2.05, 4.69) is 6.92 Å². The highest BCUT2D eigenvalue weighted by Crippen LogP contribution is 2.24. The van der Waals surface area contributed by atoms with Gasteiger partial charge in [-0.05, 0) is 12.5 Å². The second-order valence-electron chi connectivity index (χ2n) is 3.11. The maximum absolute atomic E-state index is 10.7. The Morgan fingerprint density at radius 1 is 1.46 bits per heavy atom. The predicted octanol–water partition coefficient (Wildman–Crippen LogP) is 3.09. The van der Waals surface area contributed by atoms with E-state index < -0.39 is 0 Å². The van der Waals surface area contributed by atoms with E-state index in [9.17, 15) is 4.79 Å². The zero-order valence-corrected chi connectivity index (χ0v) is 8.86. The molecule has 0 amide bonds. The van der Waals surface area contributed by atoms with Crippen molar-refractivity contribution in [1.29, 1.82) is 0 Å². The van der Waals surface area contributed by atoms with E-state index in [-0.39, 0.29) is 5.97 Å². The van der Waals surface area contributed by atoms with E-state index in [4.69, 9.17) is 4.74 Å². The number of cyclic esters (lactones) is 1. The first kappa shape index (κ1) is 10.6. The van der Waals surface area contributed by atoms with Crippen LogP contribution in [-0.2, 0) is 9.53 Å². The van der Waals surface area contributed by atoms with Crippen LogP contribution in [0.3, 0.4) is 0 Å². The summed E-state index contributed by atoms with van der Waals surface area (Å²) in [6.45, 7) is 2.20. The summed E-state index contributed by atoms with van der Waals surface area (Å²) in [5.74, 6) is 0.954. The first-order valence-electron chi connectivity index (χ1n) is 4.86. The number of unbranched alkanes of at least 4 members (excludes halogenated alkanes) is 3. The minimum absolute atomic E-state index is 0.115. The van der Waals surface area contributed by atoms with Gasteiger partial charge in [0.1, 0.15) is 0 Å². The molecule has 1 aliphatic heterocycles. The van der Waals surface area contributed by atoms with Gasteiger partial charge >= 0.3 is 5.97 Å². The van der Waals surface area contributed by atoms with Crippen LogP contribution in [0.5, 0.6) is 0 Å². The number of rotatable bonds is 6. The normalized spacial score (nSPS) is 15.8. The van der Waals surface area contributed by atoms with E-state index in [0.29, 0.717) is 6.42 Å². The Morgan fingerprint density at radius 3 is 2.92 bits per heavy atom. The molecule has 0 aromatic carbocycles. The van der Waals surface area contributed by atoms with Crippen LogP contribution in [0.15, 0.2) is 11.2 Å². The highest BCUT2D eigenvalue weighted by molar-refractivity contribution is 8.02. The van der Waals surface area contributed by atoms with Crippen molar-refractivity contribution in [3.63, 3.8) is 0 Å². The molecule has 0 aliphatic carbocycles. The van der Waals surface area contributed by atoms with Gasteiger partial charge in [0.2, 0.25) is 0 Å². The van der Waals surface area contributed by atoms with Crippen molar-refractivity contribution < 1.29 is 9.53 Å². The van der Waals surface area contributed by atoms with E-state index in [1.165, 1.54) is 25.7 Å². The van der Waals surface area contributed by atoms with Gasteiger partial charge in [0.15, 0.2) is 5.09 Å². The zero-order chi connectivity index (χ0) is 9.52. The Balaban J connectivity index is 1.97. The van der Waals surface area contributed by atoms with Gasteiger partial charge in [-0.15, -0.1) is 0 Å². The van der Waals surface area contributed by atoms with Gasteiger partial charge in [-0.1, -0.05) is 37.9 Å². The highest BCUT2D eigenvalue weighted by atomic mass is 32.2. The van der Waals surface area contributed by atoms with Crippen molar-refractivity contribution in [2.45, 2.75) is 39.0 Å². The number of hydrogen-bond donors (Lipinski definition) is 0. The Bertz CT molecular complexity index is 199. The summed E-state index contributed by atoms with van der Waals surface area (Å²) in [4.78, 5) is 10.7. The Kier molecular flexibility index (Phi) is 4.98. The minimum atomic E-state index is -0.115. The molecule has 0 saturated carbocycles. The van der Waals surface area contributed by atoms with Gasteiger partial charge in [0.25, 0.3) is 0 Å². The molecular weight excluding hydrogens is 184 g/mol. The Hall–Kier alpha value is -0.440. The lowest BCUT2D eigenvalue weighted by Gasteiger charge is -2.01. The molecule has 0 spiro atoms. The van der Waals surface area contributed by atoms with Gasteiger partial charge in [-0.3, -0.25) is 4.79 Å². The lowest BCUT2D eigenvalue weighted by atomic mass is 10.2. The molecule has 0 aromatic heterocycles. The van der Waals surface area contributed by atoms with Crippen LogP contribution >= 0.6 is 11.8 Å². The molecule has 13 heavy (non-hydrogen) atoms. The van der Waals surface area contributed by atoms with Crippen LogP contribution in [0.4, 0.5) is 0 Å². The molecule has 0 aromatic rings. The highest BCUT2D eigenvalue weighted by Gasteiger charge is 2.13. The lowest BCUT2D eigenvalue weighted by Crippen LogP contribution is -1.92. The van der Waals surface area contributed by atoms with Crippen LogP contribution in [-0.4, -0.2) is 11.7 Å². The van der Waals surface area contributed by atoms with Crippen LogP contribution in [0.25, 0.3) is 0 Å². The van der Waals surface area contributed by atoms with Crippen molar-refractivity contribution in [2.75, 3.05) is 5.75 Å². The number of carbonyl (C=O) groups excluding carboxylic acids is 1. The molecule has 74 valence electrons. The first-order valence-corrected chi connectivity index (χ1v) is 5.85. The molecule has 0 unspecified atom stereocenters. The molecule has 0 radical (unpaired) electrons. The van der Waals surface area contributed by atoms with Crippen molar-refractivity contribution in [3.8, 4) is 0 Å². The monoisotopic (exact) mass is 200 g/mol. The molecule has 0 saturated heterocycles. The first-order chi connectivity index (χ1) is 6.33. The van der Waals surface area contributed by atoms with Crippen molar-refractivity contribution in [1.82, 2.24) is 0 Å². The van der Waals surface area contributed by atoms with E-state index in [1.807, 2.05) is 6.08 Å². The fourth-order valence-electron chi connectivity index (χ4n) is 1.15. The molecule has 0 fully saturated rings. The summed E-state index contributed by atoms with van der Waals surface area (Å²) in [6, 6.07) is 0. The number of thioether (sulfide) groups is 1. The van der Waals surface area contributed by atoms with Gasteiger partial charge in [0.05, 0.1) is 6.42 Å². The summed E-state index contributed by atoms with van der Waals surface area (Å²) in [7, 11) is 0. The molecule has 1 heterocycles.